The van der Waals surface area contributed by atoms with Gasteiger partial charge in [-0.1, -0.05) is 78.9 Å². The normalized spacial score (nSPS) is 14.4. The molecule has 1 unspecified atom stereocenters. The second kappa shape index (κ2) is 10.0. The average Bonchev–Trinajstić information content (AvgIpc) is 3.38. The van der Waals surface area contributed by atoms with Gasteiger partial charge in [-0.25, -0.2) is 4.98 Å². The Hall–Kier alpha value is -4.39. The van der Waals surface area contributed by atoms with E-state index in [0.717, 1.165) is 24.2 Å². The number of fused-ring (bicyclic) bond motifs is 2. The van der Waals surface area contributed by atoms with Gasteiger partial charge in [0.15, 0.2) is 11.2 Å². The van der Waals surface area contributed by atoms with Crippen molar-refractivity contribution in [1.82, 2.24) is 19.9 Å². The number of para-hydroxylation sites is 1. The number of hydrogen-bond acceptors (Lipinski definition) is 5. The highest BCUT2D eigenvalue weighted by atomic mass is 16.5. The quantitative estimate of drug-likeness (QED) is 0.357. The van der Waals surface area contributed by atoms with E-state index in [0.29, 0.717) is 23.7 Å². The lowest BCUT2D eigenvalue weighted by Gasteiger charge is -2.26. The fourth-order valence-electron chi connectivity index (χ4n) is 3.93. The smallest absolute Gasteiger partial charge is 0.278 e. The molecular weight excluding hydrogens is 426 g/mol. The zero-order chi connectivity index (χ0) is 23.2. The summed E-state index contributed by atoms with van der Waals surface area (Å²) in [4.78, 5) is 25.2. The van der Waals surface area contributed by atoms with Gasteiger partial charge in [-0.05, 0) is 35.6 Å². The Kier molecular flexibility index (Phi) is 6.34. The van der Waals surface area contributed by atoms with Crippen LogP contribution in [0.25, 0.3) is 11.2 Å². The van der Waals surface area contributed by atoms with Gasteiger partial charge in [0.2, 0.25) is 5.95 Å². The summed E-state index contributed by atoms with van der Waals surface area (Å²) in [7, 11) is 0. The predicted octanol–water partition coefficient (Wildman–Crippen LogP) is 5.01. The first-order valence-electron chi connectivity index (χ1n) is 11.3. The van der Waals surface area contributed by atoms with E-state index in [1.54, 1.807) is 0 Å². The Balaban J connectivity index is 0.000000142. The van der Waals surface area contributed by atoms with Gasteiger partial charge in [0, 0.05) is 6.54 Å². The summed E-state index contributed by atoms with van der Waals surface area (Å²) in [5.41, 5.74) is 4.29. The molecule has 6 rings (SSSR count). The number of hydrogen-bond donors (Lipinski definition) is 3. The second-order valence-electron chi connectivity index (χ2n) is 8.02. The van der Waals surface area contributed by atoms with Crippen molar-refractivity contribution in [2.75, 3.05) is 5.32 Å². The third-order valence-electron chi connectivity index (χ3n) is 5.69. The van der Waals surface area contributed by atoms with Crippen molar-refractivity contribution >= 4 is 17.1 Å². The number of anilines is 1. The van der Waals surface area contributed by atoms with Gasteiger partial charge in [0.25, 0.3) is 5.56 Å². The minimum atomic E-state index is -0.229. The number of benzene rings is 3. The van der Waals surface area contributed by atoms with Gasteiger partial charge in [-0.15, -0.1) is 0 Å². The molecule has 3 heterocycles. The topological polar surface area (TPSA) is 95.7 Å². The van der Waals surface area contributed by atoms with E-state index in [9.17, 15) is 4.79 Å². The van der Waals surface area contributed by atoms with Gasteiger partial charge in [0.05, 0.1) is 6.33 Å². The lowest BCUT2D eigenvalue weighted by atomic mass is 9.98. The molecule has 3 N–H and O–H groups in total. The van der Waals surface area contributed by atoms with Crippen LogP contribution in [0.4, 0.5) is 5.95 Å². The van der Waals surface area contributed by atoms with Crippen LogP contribution in [-0.2, 0) is 13.0 Å². The SMILES string of the molecule is O=c1[nH]c(NCc2ccccc2)nc2nc[nH]c12.c1ccc(C2CCc3ccccc3O2)cc1. The monoisotopic (exact) mass is 451 g/mol. The van der Waals surface area contributed by atoms with Crippen LogP contribution < -0.4 is 15.6 Å². The highest BCUT2D eigenvalue weighted by molar-refractivity contribution is 5.69. The largest absolute Gasteiger partial charge is 0.485 e. The summed E-state index contributed by atoms with van der Waals surface area (Å²) in [6.07, 6.45) is 3.85. The molecule has 34 heavy (non-hydrogen) atoms. The minimum absolute atomic E-state index is 0.219. The molecule has 1 aliphatic heterocycles. The van der Waals surface area contributed by atoms with Crippen LogP contribution in [0.2, 0.25) is 0 Å². The molecule has 1 atom stereocenters. The van der Waals surface area contributed by atoms with Crippen LogP contribution >= 0.6 is 0 Å². The fourth-order valence-corrected chi connectivity index (χ4v) is 3.93. The number of H-pyrrole nitrogens is 2. The Labute approximate surface area is 196 Å². The standard InChI is InChI=1S/C15H14O.C12H11N5O/c1-2-6-12(7-3-1)15-11-10-13-8-4-5-9-14(13)16-15;18-11-9-10(15-7-14-9)16-12(17-11)13-6-8-4-2-1-3-5-8/h1-9,15H,10-11H2;1-5,7H,6H2,(H3,13,14,15,16,17,18). The van der Waals surface area contributed by atoms with Crippen LogP contribution in [0.15, 0.2) is 96.1 Å². The molecule has 0 radical (unpaired) electrons. The molecule has 3 aromatic carbocycles. The molecule has 1 aliphatic rings. The van der Waals surface area contributed by atoms with Gasteiger partial charge in [-0.2, -0.15) is 4.98 Å². The van der Waals surface area contributed by atoms with Crippen LogP contribution in [0.3, 0.4) is 0 Å². The molecule has 2 aromatic heterocycles. The molecule has 0 fully saturated rings. The molecule has 0 amide bonds. The third kappa shape index (κ3) is 4.99. The van der Waals surface area contributed by atoms with E-state index in [2.05, 4.69) is 67.7 Å². The second-order valence-corrected chi connectivity index (χ2v) is 8.02. The van der Waals surface area contributed by atoms with Crippen LogP contribution in [0, 0.1) is 0 Å². The molecule has 7 nitrogen and oxygen atoms in total. The van der Waals surface area contributed by atoms with Gasteiger partial charge >= 0.3 is 0 Å². The highest BCUT2D eigenvalue weighted by Crippen LogP contribution is 2.34. The van der Waals surface area contributed by atoms with Crippen LogP contribution in [0.5, 0.6) is 5.75 Å². The van der Waals surface area contributed by atoms with Crippen molar-refractivity contribution in [3.05, 3.63) is 118 Å². The Morgan fingerprint density at radius 1 is 0.941 bits per heavy atom. The van der Waals surface area contributed by atoms with Crippen molar-refractivity contribution in [3.8, 4) is 5.75 Å². The average molecular weight is 452 g/mol. The molecular formula is C27H25N5O2. The van der Waals surface area contributed by atoms with E-state index in [1.165, 1.54) is 17.5 Å². The summed E-state index contributed by atoms with van der Waals surface area (Å²) in [6.45, 7) is 0.597. The number of nitrogens with zero attached hydrogens (tertiary/aromatic N) is 2. The first-order chi connectivity index (χ1) is 16.8. The van der Waals surface area contributed by atoms with Crippen LogP contribution in [-0.4, -0.2) is 19.9 Å². The van der Waals surface area contributed by atoms with E-state index < -0.39 is 0 Å². The number of imidazole rings is 1. The summed E-state index contributed by atoms with van der Waals surface area (Å²) < 4.78 is 6.02. The van der Waals surface area contributed by atoms with E-state index >= 15 is 0 Å². The number of rotatable bonds is 4. The molecule has 0 saturated carbocycles. The summed E-state index contributed by atoms with van der Waals surface area (Å²) in [5, 5.41) is 3.06. The maximum atomic E-state index is 11.7. The van der Waals surface area contributed by atoms with Gasteiger partial charge < -0.3 is 15.0 Å². The van der Waals surface area contributed by atoms with Crippen molar-refractivity contribution < 1.29 is 4.74 Å². The van der Waals surface area contributed by atoms with E-state index in [4.69, 9.17) is 4.74 Å². The maximum absolute atomic E-state index is 11.7. The summed E-state index contributed by atoms with van der Waals surface area (Å²) >= 11 is 0. The molecule has 7 heteroatoms. The fraction of sp³-hybridized carbons (Fsp3) is 0.148. The van der Waals surface area contributed by atoms with E-state index in [-0.39, 0.29) is 11.7 Å². The number of aromatic amines is 2. The zero-order valence-corrected chi connectivity index (χ0v) is 18.6. The Morgan fingerprint density at radius 2 is 1.68 bits per heavy atom. The van der Waals surface area contributed by atoms with Crippen molar-refractivity contribution in [2.45, 2.75) is 25.5 Å². The Bertz CT molecular complexity index is 1410. The first kappa shape index (κ1) is 21.5. The van der Waals surface area contributed by atoms with E-state index in [1.807, 2.05) is 42.5 Å². The third-order valence-corrected chi connectivity index (χ3v) is 5.69. The number of aromatic nitrogens is 4. The molecule has 0 saturated heterocycles. The highest BCUT2D eigenvalue weighted by Gasteiger charge is 2.20. The maximum Gasteiger partial charge on any atom is 0.278 e. The molecule has 0 bridgehead atoms. The number of ether oxygens (including phenoxy) is 1. The summed E-state index contributed by atoms with van der Waals surface area (Å²) in [6, 6.07) is 28.7. The predicted molar refractivity (Wildman–Crippen MR) is 133 cm³/mol. The molecule has 0 spiro atoms. The molecule has 5 aromatic rings. The summed E-state index contributed by atoms with van der Waals surface area (Å²) in [5.74, 6) is 1.46. The molecule has 0 aliphatic carbocycles. The van der Waals surface area contributed by atoms with Gasteiger partial charge in [0.1, 0.15) is 11.9 Å². The lowest BCUT2D eigenvalue weighted by molar-refractivity contribution is 0.176. The van der Waals surface area contributed by atoms with Crippen molar-refractivity contribution in [2.24, 2.45) is 0 Å². The molecule has 170 valence electrons. The van der Waals surface area contributed by atoms with Gasteiger partial charge in [-0.3, -0.25) is 9.78 Å². The Morgan fingerprint density at radius 3 is 2.50 bits per heavy atom. The first-order valence-corrected chi connectivity index (χ1v) is 11.3. The minimum Gasteiger partial charge on any atom is -0.485 e. The number of nitrogens with one attached hydrogen (secondary N) is 3. The lowest BCUT2D eigenvalue weighted by Crippen LogP contribution is -2.14. The number of aryl methyl sites for hydroxylation is 1. The van der Waals surface area contributed by atoms with Crippen LogP contribution in [0.1, 0.15) is 29.2 Å². The van der Waals surface area contributed by atoms with Crippen molar-refractivity contribution in [1.29, 1.82) is 0 Å². The van der Waals surface area contributed by atoms with Crippen molar-refractivity contribution in [3.63, 3.8) is 0 Å². The zero-order valence-electron chi connectivity index (χ0n) is 18.6.